The second-order valence-corrected chi connectivity index (χ2v) is 8.42. The SMILES string of the molecule is CC1=C(C(=O)OC2CCCCC2)[C@@H](c2cccc(Cl)c2)C2=C(CCCC2=O)N1. The van der Waals surface area contributed by atoms with E-state index in [1.165, 1.54) is 6.42 Å². The third kappa shape index (κ3) is 3.75. The van der Waals surface area contributed by atoms with E-state index >= 15 is 0 Å². The lowest BCUT2D eigenvalue weighted by Crippen LogP contribution is -2.35. The van der Waals surface area contributed by atoms with Gasteiger partial charge in [0.25, 0.3) is 0 Å². The summed E-state index contributed by atoms with van der Waals surface area (Å²) < 4.78 is 5.89. The van der Waals surface area contributed by atoms with Crippen LogP contribution < -0.4 is 5.32 Å². The highest BCUT2D eigenvalue weighted by Gasteiger charge is 2.39. The lowest BCUT2D eigenvalue weighted by molar-refractivity contribution is -0.146. The van der Waals surface area contributed by atoms with Crippen LogP contribution in [0, 0.1) is 0 Å². The summed E-state index contributed by atoms with van der Waals surface area (Å²) in [6, 6.07) is 7.47. The summed E-state index contributed by atoms with van der Waals surface area (Å²) in [5.74, 6) is -0.625. The van der Waals surface area contributed by atoms with Crippen LogP contribution in [-0.4, -0.2) is 17.9 Å². The fourth-order valence-corrected chi connectivity index (χ4v) is 4.87. The average Bonchev–Trinajstić information content (AvgIpc) is 2.68. The molecule has 0 bridgehead atoms. The van der Waals surface area contributed by atoms with E-state index in [0.29, 0.717) is 22.6 Å². The molecule has 1 saturated carbocycles. The minimum Gasteiger partial charge on any atom is -0.459 e. The van der Waals surface area contributed by atoms with Crippen molar-refractivity contribution in [2.45, 2.75) is 70.3 Å². The minimum atomic E-state index is -0.418. The molecule has 1 atom stereocenters. The third-order valence-corrected chi connectivity index (χ3v) is 6.24. The fraction of sp³-hybridized carbons (Fsp3) is 0.478. The fourth-order valence-electron chi connectivity index (χ4n) is 4.67. The summed E-state index contributed by atoms with van der Waals surface area (Å²) in [7, 11) is 0. The molecule has 1 heterocycles. The molecule has 3 aliphatic rings. The Morgan fingerprint density at radius 3 is 2.68 bits per heavy atom. The number of dihydropyridines is 1. The molecule has 5 heteroatoms. The van der Waals surface area contributed by atoms with E-state index in [0.717, 1.165) is 55.5 Å². The summed E-state index contributed by atoms with van der Waals surface area (Å²) >= 11 is 6.25. The monoisotopic (exact) mass is 399 g/mol. The molecule has 0 spiro atoms. The van der Waals surface area contributed by atoms with Gasteiger partial charge in [0.1, 0.15) is 6.10 Å². The first-order valence-corrected chi connectivity index (χ1v) is 10.6. The number of hydrogen-bond donors (Lipinski definition) is 1. The summed E-state index contributed by atoms with van der Waals surface area (Å²) in [4.78, 5) is 26.1. The zero-order chi connectivity index (χ0) is 19.7. The first-order valence-electron chi connectivity index (χ1n) is 10.2. The summed E-state index contributed by atoms with van der Waals surface area (Å²) in [5.41, 5.74) is 3.83. The number of carbonyl (C=O) groups excluding carboxylic acids is 2. The maximum Gasteiger partial charge on any atom is 0.337 e. The van der Waals surface area contributed by atoms with E-state index in [-0.39, 0.29) is 17.9 Å². The van der Waals surface area contributed by atoms with Gasteiger partial charge in [0, 0.05) is 34.3 Å². The molecular formula is C23H26ClNO3. The van der Waals surface area contributed by atoms with Gasteiger partial charge in [0.05, 0.1) is 5.57 Å². The highest BCUT2D eigenvalue weighted by molar-refractivity contribution is 6.30. The molecule has 148 valence electrons. The maximum absolute atomic E-state index is 13.2. The molecule has 0 saturated heterocycles. The number of halogens is 1. The summed E-state index contributed by atoms with van der Waals surface area (Å²) in [5, 5.41) is 3.93. The van der Waals surface area contributed by atoms with Crippen molar-refractivity contribution in [1.29, 1.82) is 0 Å². The van der Waals surface area contributed by atoms with Crippen LogP contribution in [0.2, 0.25) is 5.02 Å². The molecule has 2 aliphatic carbocycles. The van der Waals surface area contributed by atoms with Gasteiger partial charge < -0.3 is 10.1 Å². The van der Waals surface area contributed by atoms with E-state index in [1.54, 1.807) is 6.07 Å². The second kappa shape index (κ2) is 8.12. The van der Waals surface area contributed by atoms with Crippen molar-refractivity contribution in [2.24, 2.45) is 0 Å². The molecule has 0 aromatic heterocycles. The molecule has 1 aliphatic heterocycles. The predicted molar refractivity (Wildman–Crippen MR) is 109 cm³/mol. The van der Waals surface area contributed by atoms with Gasteiger partial charge in [-0.25, -0.2) is 4.79 Å². The molecule has 4 rings (SSSR count). The van der Waals surface area contributed by atoms with Gasteiger partial charge in [0.2, 0.25) is 0 Å². The first kappa shape index (κ1) is 19.3. The molecule has 1 N–H and O–H groups in total. The van der Waals surface area contributed by atoms with Crippen LogP contribution in [0.25, 0.3) is 0 Å². The smallest absolute Gasteiger partial charge is 0.337 e. The number of hydrogen-bond acceptors (Lipinski definition) is 4. The van der Waals surface area contributed by atoms with E-state index in [2.05, 4.69) is 5.32 Å². The number of ketones is 1. The Kier molecular flexibility index (Phi) is 5.58. The normalized spacial score (nSPS) is 23.4. The van der Waals surface area contributed by atoms with Crippen molar-refractivity contribution in [3.05, 3.63) is 57.4 Å². The number of ether oxygens (including phenoxy) is 1. The van der Waals surface area contributed by atoms with E-state index in [4.69, 9.17) is 16.3 Å². The third-order valence-electron chi connectivity index (χ3n) is 6.00. The molecular weight excluding hydrogens is 374 g/mol. The highest BCUT2D eigenvalue weighted by atomic mass is 35.5. The predicted octanol–water partition coefficient (Wildman–Crippen LogP) is 5.18. The number of esters is 1. The quantitative estimate of drug-likeness (QED) is 0.711. The Labute approximate surface area is 171 Å². The van der Waals surface area contributed by atoms with Crippen molar-refractivity contribution < 1.29 is 14.3 Å². The number of nitrogens with one attached hydrogen (secondary N) is 1. The van der Waals surface area contributed by atoms with Crippen LogP contribution in [0.5, 0.6) is 0 Å². The second-order valence-electron chi connectivity index (χ2n) is 7.99. The molecule has 1 aromatic carbocycles. The van der Waals surface area contributed by atoms with Gasteiger partial charge in [-0.15, -0.1) is 0 Å². The standard InChI is InChI=1S/C23H26ClNO3/c1-14-20(23(27)28-17-9-3-2-4-10-17)21(15-7-5-8-16(24)13-15)22-18(25-14)11-6-12-19(22)26/h5,7-8,13,17,21,25H,2-4,6,9-12H2,1H3/t21-/m1/s1. The Balaban J connectivity index is 1.74. The van der Waals surface area contributed by atoms with Crippen LogP contribution >= 0.6 is 11.6 Å². The van der Waals surface area contributed by atoms with Gasteiger partial charge in [-0.2, -0.15) is 0 Å². The average molecular weight is 400 g/mol. The highest BCUT2D eigenvalue weighted by Crippen LogP contribution is 2.43. The van der Waals surface area contributed by atoms with Gasteiger partial charge in [-0.3, -0.25) is 4.79 Å². The molecule has 0 radical (unpaired) electrons. The van der Waals surface area contributed by atoms with E-state index < -0.39 is 5.92 Å². The molecule has 1 aromatic rings. The number of benzene rings is 1. The Hall–Kier alpha value is -2.07. The zero-order valence-electron chi connectivity index (χ0n) is 16.2. The number of carbonyl (C=O) groups is 2. The van der Waals surface area contributed by atoms with Crippen molar-refractivity contribution in [3.8, 4) is 0 Å². The molecule has 0 amide bonds. The van der Waals surface area contributed by atoms with Crippen molar-refractivity contribution >= 4 is 23.4 Å². The van der Waals surface area contributed by atoms with Gasteiger partial charge >= 0.3 is 5.97 Å². The minimum absolute atomic E-state index is 0.0287. The maximum atomic E-state index is 13.2. The van der Waals surface area contributed by atoms with Gasteiger partial charge in [-0.1, -0.05) is 30.2 Å². The van der Waals surface area contributed by atoms with Gasteiger partial charge in [0.15, 0.2) is 5.78 Å². The van der Waals surface area contributed by atoms with Crippen LogP contribution in [0.4, 0.5) is 0 Å². The summed E-state index contributed by atoms with van der Waals surface area (Å²) in [6.45, 7) is 1.90. The lowest BCUT2D eigenvalue weighted by Gasteiger charge is -2.35. The van der Waals surface area contributed by atoms with Gasteiger partial charge in [-0.05, 0) is 63.1 Å². The van der Waals surface area contributed by atoms with Crippen molar-refractivity contribution in [1.82, 2.24) is 5.32 Å². The van der Waals surface area contributed by atoms with E-state index in [1.807, 2.05) is 25.1 Å². The molecule has 4 nitrogen and oxygen atoms in total. The molecule has 0 unspecified atom stereocenters. The topological polar surface area (TPSA) is 55.4 Å². The summed E-state index contributed by atoms with van der Waals surface area (Å²) in [6.07, 6.45) is 7.37. The largest absolute Gasteiger partial charge is 0.459 e. The number of rotatable bonds is 3. The van der Waals surface area contributed by atoms with Crippen LogP contribution in [0.15, 0.2) is 46.8 Å². The number of allylic oxidation sites excluding steroid dienone is 3. The first-order chi connectivity index (χ1) is 13.5. The van der Waals surface area contributed by atoms with Crippen molar-refractivity contribution in [2.75, 3.05) is 0 Å². The van der Waals surface area contributed by atoms with Crippen LogP contribution in [0.1, 0.15) is 69.8 Å². The van der Waals surface area contributed by atoms with Crippen LogP contribution in [0.3, 0.4) is 0 Å². The Morgan fingerprint density at radius 2 is 1.93 bits per heavy atom. The van der Waals surface area contributed by atoms with Crippen molar-refractivity contribution in [3.63, 3.8) is 0 Å². The number of Topliss-reactive ketones (excluding diaryl/α,β-unsaturated/α-hetero) is 1. The Bertz CT molecular complexity index is 864. The zero-order valence-corrected chi connectivity index (χ0v) is 17.0. The Morgan fingerprint density at radius 1 is 1.14 bits per heavy atom. The molecule has 28 heavy (non-hydrogen) atoms. The van der Waals surface area contributed by atoms with Crippen LogP contribution in [-0.2, 0) is 14.3 Å². The lowest BCUT2D eigenvalue weighted by atomic mass is 9.75. The van der Waals surface area contributed by atoms with E-state index in [9.17, 15) is 9.59 Å². The molecule has 1 fully saturated rings.